The first kappa shape index (κ1) is 17.9. The lowest BCUT2D eigenvalue weighted by Crippen LogP contribution is -2.55. The molecule has 25 heavy (non-hydrogen) atoms. The predicted octanol–water partition coefficient (Wildman–Crippen LogP) is 3.25. The van der Waals surface area contributed by atoms with Crippen LogP contribution in [0.15, 0.2) is 18.2 Å². The molecule has 0 aromatic heterocycles. The normalized spacial score (nSPS) is 25.9. The van der Waals surface area contributed by atoms with Gasteiger partial charge < -0.3 is 24.8 Å². The van der Waals surface area contributed by atoms with Crippen LogP contribution in [0.25, 0.3) is 0 Å². The fraction of sp³-hybridized carbons (Fsp3) is 0.632. The lowest BCUT2D eigenvalue weighted by Gasteiger charge is -2.47. The maximum atomic E-state index is 12.7. The third-order valence-electron chi connectivity index (χ3n) is 5.44. The van der Waals surface area contributed by atoms with Crippen LogP contribution in [0.4, 0.5) is 10.5 Å². The highest BCUT2D eigenvalue weighted by Crippen LogP contribution is 2.40. The lowest BCUT2D eigenvalue weighted by molar-refractivity contribution is -0.0863. The van der Waals surface area contributed by atoms with Crippen LogP contribution < -0.4 is 14.8 Å². The third kappa shape index (κ3) is 3.84. The largest absolute Gasteiger partial charge is 0.497 e. The van der Waals surface area contributed by atoms with Gasteiger partial charge in [0.15, 0.2) is 0 Å². The van der Waals surface area contributed by atoms with E-state index in [0.717, 1.165) is 25.7 Å². The van der Waals surface area contributed by atoms with Gasteiger partial charge in [0.05, 0.1) is 25.0 Å². The highest BCUT2D eigenvalue weighted by atomic mass is 16.5. The molecule has 1 heterocycles. The van der Waals surface area contributed by atoms with Gasteiger partial charge in [0.1, 0.15) is 11.5 Å². The topological polar surface area (TPSA) is 71.0 Å². The monoisotopic (exact) mass is 348 g/mol. The molecule has 2 fully saturated rings. The number of methoxy groups -OCH3 is 1. The van der Waals surface area contributed by atoms with Crippen molar-refractivity contribution in [1.82, 2.24) is 4.90 Å². The number of amides is 2. The highest BCUT2D eigenvalue weighted by Gasteiger charge is 2.43. The maximum Gasteiger partial charge on any atom is 0.321 e. The number of likely N-dealkylation sites (tertiary alicyclic amines) is 1. The molecule has 0 radical (unpaired) electrons. The summed E-state index contributed by atoms with van der Waals surface area (Å²) in [6.07, 6.45) is 4.72. The number of ether oxygens (including phenoxy) is 2. The molecule has 1 aromatic rings. The molecule has 1 aromatic carbocycles. The summed E-state index contributed by atoms with van der Waals surface area (Å²) < 4.78 is 10.8. The number of anilines is 1. The van der Waals surface area contributed by atoms with Crippen molar-refractivity contribution in [2.45, 2.75) is 44.6 Å². The van der Waals surface area contributed by atoms with Gasteiger partial charge in [0, 0.05) is 25.1 Å². The zero-order valence-electron chi connectivity index (χ0n) is 15.1. The Bertz CT molecular complexity index is 621. The smallest absolute Gasteiger partial charge is 0.321 e. The molecule has 0 spiro atoms. The van der Waals surface area contributed by atoms with Gasteiger partial charge in [-0.3, -0.25) is 0 Å². The quantitative estimate of drug-likeness (QED) is 0.876. The van der Waals surface area contributed by atoms with Crippen LogP contribution in [0.5, 0.6) is 11.5 Å². The van der Waals surface area contributed by atoms with E-state index in [-0.39, 0.29) is 11.9 Å². The first-order valence-corrected chi connectivity index (χ1v) is 9.15. The Morgan fingerprint density at radius 2 is 2.24 bits per heavy atom. The van der Waals surface area contributed by atoms with Crippen molar-refractivity contribution in [3.8, 4) is 11.5 Å². The van der Waals surface area contributed by atoms with Gasteiger partial charge in [-0.25, -0.2) is 4.79 Å². The van der Waals surface area contributed by atoms with E-state index in [9.17, 15) is 9.90 Å². The summed E-state index contributed by atoms with van der Waals surface area (Å²) in [6, 6.07) is 5.23. The molecule has 1 aliphatic heterocycles. The summed E-state index contributed by atoms with van der Waals surface area (Å²) in [5, 5.41) is 13.7. The molecule has 2 N–H and O–H groups in total. The Hall–Kier alpha value is -1.95. The van der Waals surface area contributed by atoms with Crippen LogP contribution in [0, 0.1) is 5.92 Å². The second-order valence-electron chi connectivity index (χ2n) is 6.97. The van der Waals surface area contributed by atoms with Crippen molar-refractivity contribution in [3.63, 3.8) is 0 Å². The molecule has 6 heteroatoms. The predicted molar refractivity (Wildman–Crippen MR) is 96.3 cm³/mol. The number of aliphatic hydroxyl groups is 1. The Morgan fingerprint density at radius 1 is 1.40 bits per heavy atom. The van der Waals surface area contributed by atoms with Crippen LogP contribution >= 0.6 is 0 Å². The average molecular weight is 348 g/mol. The Kier molecular flexibility index (Phi) is 5.37. The second kappa shape index (κ2) is 7.52. The van der Waals surface area contributed by atoms with Gasteiger partial charge in [0.25, 0.3) is 0 Å². The summed E-state index contributed by atoms with van der Waals surface area (Å²) in [7, 11) is 1.59. The van der Waals surface area contributed by atoms with Crippen molar-refractivity contribution < 1.29 is 19.4 Å². The number of piperidine rings is 1. The van der Waals surface area contributed by atoms with E-state index in [1.165, 1.54) is 0 Å². The molecule has 0 unspecified atom stereocenters. The van der Waals surface area contributed by atoms with E-state index in [1.54, 1.807) is 24.1 Å². The molecule has 2 aliphatic rings. The number of rotatable bonds is 4. The van der Waals surface area contributed by atoms with E-state index in [1.807, 2.05) is 13.0 Å². The zero-order valence-corrected chi connectivity index (χ0v) is 15.1. The summed E-state index contributed by atoms with van der Waals surface area (Å²) in [4.78, 5) is 14.5. The summed E-state index contributed by atoms with van der Waals surface area (Å²) in [5.41, 5.74) is 0.0252. The molecular formula is C19H28N2O4. The summed E-state index contributed by atoms with van der Waals surface area (Å²) >= 11 is 0. The Morgan fingerprint density at radius 3 is 3.00 bits per heavy atom. The van der Waals surface area contributed by atoms with Gasteiger partial charge in [0.2, 0.25) is 0 Å². The van der Waals surface area contributed by atoms with Gasteiger partial charge in [-0.05, 0) is 38.3 Å². The molecule has 3 rings (SSSR count). The number of carbonyl (C=O) groups is 1. The van der Waals surface area contributed by atoms with E-state index < -0.39 is 5.60 Å². The van der Waals surface area contributed by atoms with Crippen molar-refractivity contribution >= 4 is 11.7 Å². The third-order valence-corrected chi connectivity index (χ3v) is 5.44. The van der Waals surface area contributed by atoms with Crippen LogP contribution in [0.2, 0.25) is 0 Å². The van der Waals surface area contributed by atoms with Crippen molar-refractivity contribution in [2.75, 3.05) is 32.1 Å². The molecule has 1 aliphatic carbocycles. The SMILES string of the molecule is CCOc1ccc(OC)cc1NC(=O)N1CC[C@@]2(O)CCCC[C@H]2C1. The van der Waals surface area contributed by atoms with Crippen molar-refractivity contribution in [1.29, 1.82) is 0 Å². The standard InChI is InChI=1S/C19H28N2O4/c1-3-25-17-8-7-15(24-2)12-16(17)20-18(22)21-11-10-19(23)9-5-4-6-14(19)13-21/h7-8,12,14,23H,3-6,9-11,13H2,1-2H3,(H,20,22)/t14-,19-/m0/s1. The van der Waals surface area contributed by atoms with E-state index in [0.29, 0.717) is 43.3 Å². The fourth-order valence-electron chi connectivity index (χ4n) is 3.96. The summed E-state index contributed by atoms with van der Waals surface area (Å²) in [6.45, 7) is 3.61. The van der Waals surface area contributed by atoms with Crippen LogP contribution in [-0.4, -0.2) is 48.4 Å². The van der Waals surface area contributed by atoms with Crippen molar-refractivity contribution in [3.05, 3.63) is 18.2 Å². The number of hydrogen-bond acceptors (Lipinski definition) is 4. The molecule has 6 nitrogen and oxygen atoms in total. The number of carbonyl (C=O) groups excluding carboxylic acids is 1. The fourth-order valence-corrected chi connectivity index (χ4v) is 3.96. The highest BCUT2D eigenvalue weighted by molar-refractivity contribution is 5.91. The number of nitrogens with zero attached hydrogens (tertiary/aromatic N) is 1. The van der Waals surface area contributed by atoms with Gasteiger partial charge in [-0.2, -0.15) is 0 Å². The van der Waals surface area contributed by atoms with E-state index in [2.05, 4.69) is 5.32 Å². The van der Waals surface area contributed by atoms with Crippen LogP contribution in [-0.2, 0) is 0 Å². The first-order valence-electron chi connectivity index (χ1n) is 9.15. The molecule has 138 valence electrons. The van der Waals surface area contributed by atoms with Crippen LogP contribution in [0.1, 0.15) is 39.0 Å². The molecule has 1 saturated carbocycles. The molecule has 1 saturated heterocycles. The minimum absolute atomic E-state index is 0.151. The number of urea groups is 1. The molecule has 0 bridgehead atoms. The minimum atomic E-state index is -0.582. The van der Waals surface area contributed by atoms with E-state index in [4.69, 9.17) is 9.47 Å². The number of benzene rings is 1. The first-order chi connectivity index (χ1) is 12.1. The zero-order chi connectivity index (χ0) is 17.9. The van der Waals surface area contributed by atoms with Gasteiger partial charge >= 0.3 is 6.03 Å². The molecule has 2 atom stereocenters. The molecule has 2 amide bonds. The van der Waals surface area contributed by atoms with Gasteiger partial charge in [-0.1, -0.05) is 12.8 Å². The minimum Gasteiger partial charge on any atom is -0.497 e. The van der Waals surface area contributed by atoms with Crippen molar-refractivity contribution in [2.24, 2.45) is 5.92 Å². The average Bonchev–Trinajstić information content (AvgIpc) is 2.62. The Labute approximate surface area is 149 Å². The van der Waals surface area contributed by atoms with E-state index >= 15 is 0 Å². The number of nitrogens with one attached hydrogen (secondary N) is 1. The number of hydrogen-bond donors (Lipinski definition) is 2. The molecular weight excluding hydrogens is 320 g/mol. The summed E-state index contributed by atoms with van der Waals surface area (Å²) in [5.74, 6) is 1.47. The van der Waals surface area contributed by atoms with Gasteiger partial charge in [-0.15, -0.1) is 0 Å². The lowest BCUT2D eigenvalue weighted by atomic mass is 9.71. The number of fused-ring (bicyclic) bond motifs is 1. The maximum absolute atomic E-state index is 12.7. The van der Waals surface area contributed by atoms with Crippen LogP contribution in [0.3, 0.4) is 0 Å². The second-order valence-corrected chi connectivity index (χ2v) is 6.97. The Balaban J connectivity index is 1.70.